The molecule has 4 rings (SSSR count). The van der Waals surface area contributed by atoms with E-state index < -0.39 is 17.8 Å². The Morgan fingerprint density at radius 1 is 0.966 bits per heavy atom. The molecule has 0 unspecified atom stereocenters. The summed E-state index contributed by atoms with van der Waals surface area (Å²) in [5, 5.41) is 20.6. The van der Waals surface area contributed by atoms with E-state index >= 15 is 0 Å². The van der Waals surface area contributed by atoms with Crippen molar-refractivity contribution in [3.63, 3.8) is 0 Å². The zero-order chi connectivity index (χ0) is 20.7. The predicted molar refractivity (Wildman–Crippen MR) is 106 cm³/mol. The van der Waals surface area contributed by atoms with Crippen molar-refractivity contribution in [2.45, 2.75) is 13.3 Å². The highest BCUT2D eigenvalue weighted by Gasteiger charge is 2.43. The Morgan fingerprint density at radius 2 is 1.59 bits per heavy atom. The molecule has 0 radical (unpaired) electrons. The van der Waals surface area contributed by atoms with Crippen LogP contribution in [0.1, 0.15) is 33.2 Å². The Hall–Kier alpha value is -3.87. The van der Waals surface area contributed by atoms with Gasteiger partial charge >= 0.3 is 5.97 Å². The van der Waals surface area contributed by atoms with Crippen LogP contribution < -0.4 is 9.64 Å². The third-order valence-corrected chi connectivity index (χ3v) is 4.81. The minimum atomic E-state index is -0.976. The van der Waals surface area contributed by atoms with E-state index in [-0.39, 0.29) is 41.3 Å². The van der Waals surface area contributed by atoms with E-state index in [1.807, 2.05) is 0 Å². The zero-order valence-corrected chi connectivity index (χ0v) is 15.5. The summed E-state index contributed by atoms with van der Waals surface area (Å²) in [5.74, 6) is -2.22. The fourth-order valence-corrected chi connectivity index (χ4v) is 3.58. The lowest BCUT2D eigenvalue weighted by Gasteiger charge is -2.14. The second-order valence-electron chi connectivity index (χ2n) is 6.59. The molecule has 1 aliphatic heterocycles. The molecule has 3 aromatic rings. The van der Waals surface area contributed by atoms with E-state index in [0.717, 1.165) is 4.90 Å². The minimum Gasteiger partial charge on any atom is -0.506 e. The lowest BCUT2D eigenvalue weighted by molar-refractivity contribution is -0.136. The molecule has 3 aromatic carbocycles. The van der Waals surface area contributed by atoms with E-state index in [2.05, 4.69) is 0 Å². The number of carboxylic acid groups (broad SMARTS) is 1. The first-order valence-electron chi connectivity index (χ1n) is 9.04. The molecule has 0 saturated carbocycles. The predicted octanol–water partition coefficient (Wildman–Crippen LogP) is 3.37. The van der Waals surface area contributed by atoms with Crippen LogP contribution in [0.5, 0.6) is 11.5 Å². The Balaban J connectivity index is 1.87. The van der Waals surface area contributed by atoms with Crippen LogP contribution >= 0.6 is 0 Å². The van der Waals surface area contributed by atoms with Gasteiger partial charge in [-0.2, -0.15) is 0 Å². The summed E-state index contributed by atoms with van der Waals surface area (Å²) >= 11 is 0. The van der Waals surface area contributed by atoms with Crippen LogP contribution in [-0.2, 0) is 11.2 Å². The first-order chi connectivity index (χ1) is 13.9. The highest BCUT2D eigenvalue weighted by molar-refractivity contribution is 6.38. The maximum Gasteiger partial charge on any atom is 0.307 e. The molecular formula is C22H17NO6. The van der Waals surface area contributed by atoms with Crippen LogP contribution in [0.25, 0.3) is 10.8 Å². The van der Waals surface area contributed by atoms with Crippen LogP contribution in [0, 0.1) is 0 Å². The highest BCUT2D eigenvalue weighted by Crippen LogP contribution is 2.45. The Morgan fingerprint density at radius 3 is 2.21 bits per heavy atom. The van der Waals surface area contributed by atoms with Gasteiger partial charge in [0.2, 0.25) is 0 Å². The molecule has 7 heteroatoms. The monoisotopic (exact) mass is 391 g/mol. The molecule has 0 bridgehead atoms. The number of carbonyl (C=O) groups excluding carboxylic acids is 2. The molecule has 0 aromatic heterocycles. The van der Waals surface area contributed by atoms with E-state index in [0.29, 0.717) is 16.3 Å². The minimum absolute atomic E-state index is 0.0302. The molecule has 1 aliphatic rings. The van der Waals surface area contributed by atoms with E-state index in [4.69, 9.17) is 9.84 Å². The van der Waals surface area contributed by atoms with Crippen LogP contribution in [0.4, 0.5) is 5.69 Å². The summed E-state index contributed by atoms with van der Waals surface area (Å²) in [6.45, 7) is 2.06. The van der Waals surface area contributed by atoms with Crippen LogP contribution in [0.3, 0.4) is 0 Å². The molecule has 1 heterocycles. The van der Waals surface area contributed by atoms with Crippen molar-refractivity contribution in [1.82, 2.24) is 0 Å². The van der Waals surface area contributed by atoms with Crippen molar-refractivity contribution in [2.24, 2.45) is 0 Å². The van der Waals surface area contributed by atoms with Crippen molar-refractivity contribution in [3.8, 4) is 11.5 Å². The molecule has 146 valence electrons. The molecule has 7 nitrogen and oxygen atoms in total. The molecule has 0 spiro atoms. The third kappa shape index (κ3) is 2.87. The van der Waals surface area contributed by atoms with E-state index in [9.17, 15) is 19.5 Å². The smallest absolute Gasteiger partial charge is 0.307 e. The summed E-state index contributed by atoms with van der Waals surface area (Å²) in [6, 6.07) is 13.0. The topological polar surface area (TPSA) is 104 Å². The van der Waals surface area contributed by atoms with Crippen LogP contribution in [0.2, 0.25) is 0 Å². The summed E-state index contributed by atoms with van der Waals surface area (Å²) < 4.78 is 5.71. The van der Waals surface area contributed by atoms with Crippen LogP contribution in [0.15, 0.2) is 48.5 Å². The number of carboxylic acids is 1. The van der Waals surface area contributed by atoms with Gasteiger partial charge in [0, 0.05) is 10.8 Å². The number of anilines is 1. The molecule has 0 saturated heterocycles. The largest absolute Gasteiger partial charge is 0.506 e. The number of carbonyl (C=O) groups is 3. The van der Waals surface area contributed by atoms with E-state index in [1.54, 1.807) is 43.3 Å². The molecule has 2 amide bonds. The highest BCUT2D eigenvalue weighted by atomic mass is 16.5. The Kier molecular flexibility index (Phi) is 4.43. The first-order valence-corrected chi connectivity index (χ1v) is 9.04. The molecular weight excluding hydrogens is 374 g/mol. The SMILES string of the molecule is CCOc1c2c(c(O)c3ccccc13)C(=O)N(c1ccc(CC(=O)O)cc1)C2=O. The van der Waals surface area contributed by atoms with Gasteiger partial charge in [-0.05, 0) is 24.6 Å². The van der Waals surface area contributed by atoms with Gasteiger partial charge in [0.25, 0.3) is 11.8 Å². The van der Waals surface area contributed by atoms with Crippen molar-refractivity contribution < 1.29 is 29.3 Å². The summed E-state index contributed by atoms with van der Waals surface area (Å²) in [6.07, 6.45) is -0.164. The summed E-state index contributed by atoms with van der Waals surface area (Å²) in [7, 11) is 0. The van der Waals surface area contributed by atoms with Gasteiger partial charge in [-0.3, -0.25) is 14.4 Å². The number of phenols is 1. The quantitative estimate of drug-likeness (QED) is 0.646. The number of rotatable bonds is 5. The number of hydrogen-bond acceptors (Lipinski definition) is 5. The Labute approximate surface area is 165 Å². The molecule has 0 atom stereocenters. The van der Waals surface area contributed by atoms with Crippen LogP contribution in [-0.4, -0.2) is 34.6 Å². The second kappa shape index (κ2) is 6.94. The number of nitrogens with zero attached hydrogens (tertiary/aromatic N) is 1. The van der Waals surface area contributed by atoms with Gasteiger partial charge in [0.05, 0.1) is 29.8 Å². The van der Waals surface area contributed by atoms with Crippen molar-refractivity contribution in [1.29, 1.82) is 0 Å². The van der Waals surface area contributed by atoms with Gasteiger partial charge in [0.15, 0.2) is 0 Å². The maximum absolute atomic E-state index is 13.2. The number of amides is 2. The van der Waals surface area contributed by atoms with Gasteiger partial charge < -0.3 is 14.9 Å². The van der Waals surface area contributed by atoms with Crippen molar-refractivity contribution in [2.75, 3.05) is 11.5 Å². The number of benzene rings is 3. The standard InChI is InChI=1S/C22H17NO6/c1-2-29-20-15-6-4-3-5-14(15)19(26)17-18(20)22(28)23(21(17)27)13-9-7-12(8-10-13)11-16(24)25/h3-10,26H,2,11H2,1H3,(H,24,25). The average molecular weight is 391 g/mol. The number of aromatic hydroxyl groups is 1. The number of imide groups is 1. The number of hydrogen-bond donors (Lipinski definition) is 2. The van der Waals surface area contributed by atoms with Gasteiger partial charge in [-0.15, -0.1) is 0 Å². The zero-order valence-electron chi connectivity index (χ0n) is 15.5. The number of phenolic OH excluding ortho intramolecular Hbond substituents is 1. The average Bonchev–Trinajstić information content (AvgIpc) is 2.96. The normalized spacial score (nSPS) is 13.1. The van der Waals surface area contributed by atoms with E-state index in [1.165, 1.54) is 12.1 Å². The molecule has 2 N–H and O–H groups in total. The molecule has 0 fully saturated rings. The fourth-order valence-electron chi connectivity index (χ4n) is 3.58. The Bertz CT molecular complexity index is 1170. The maximum atomic E-state index is 13.2. The lowest BCUT2D eigenvalue weighted by atomic mass is 9.99. The third-order valence-electron chi connectivity index (χ3n) is 4.81. The second-order valence-corrected chi connectivity index (χ2v) is 6.59. The fraction of sp³-hybridized carbons (Fsp3) is 0.136. The van der Waals surface area contributed by atoms with Crippen molar-refractivity contribution in [3.05, 3.63) is 65.2 Å². The first kappa shape index (κ1) is 18.5. The summed E-state index contributed by atoms with van der Waals surface area (Å²) in [4.78, 5) is 38.1. The number of aliphatic carboxylic acids is 1. The number of fused-ring (bicyclic) bond motifs is 2. The summed E-state index contributed by atoms with van der Waals surface area (Å²) in [5.41, 5.74) is 0.770. The molecule has 0 aliphatic carbocycles. The van der Waals surface area contributed by atoms with Gasteiger partial charge in [0.1, 0.15) is 11.5 Å². The van der Waals surface area contributed by atoms with Gasteiger partial charge in [-0.25, -0.2) is 4.90 Å². The van der Waals surface area contributed by atoms with Crippen molar-refractivity contribution >= 4 is 34.2 Å². The lowest BCUT2D eigenvalue weighted by Crippen LogP contribution is -2.29. The van der Waals surface area contributed by atoms with Gasteiger partial charge in [-0.1, -0.05) is 36.4 Å². The molecule has 29 heavy (non-hydrogen) atoms. The number of ether oxygens (including phenoxy) is 1.